The minimum Gasteiger partial charge on any atom is -0.399 e. The maximum Gasteiger partial charge on any atom is 0.158 e. The molecule has 1 aromatic carbocycles. The van der Waals surface area contributed by atoms with Gasteiger partial charge in [-0.15, -0.1) is 0 Å². The zero-order chi connectivity index (χ0) is 15.0. The number of fused-ring (bicyclic) bond motifs is 1. The maximum absolute atomic E-state index is 5.86. The lowest BCUT2D eigenvalue weighted by atomic mass is 10.1. The molecule has 3 rings (SSSR count). The van der Waals surface area contributed by atoms with E-state index in [0.29, 0.717) is 5.69 Å². The van der Waals surface area contributed by atoms with Crippen LogP contribution < -0.4 is 11.1 Å². The zero-order valence-electron chi connectivity index (χ0n) is 12.1. The minimum absolute atomic E-state index is 0.715. The predicted molar refractivity (Wildman–Crippen MR) is 86.7 cm³/mol. The average molecular weight is 279 g/mol. The predicted octanol–water partition coefficient (Wildman–Crippen LogP) is 3.31. The normalized spacial score (nSPS) is 10.8. The highest BCUT2D eigenvalue weighted by atomic mass is 15.3. The highest BCUT2D eigenvalue weighted by Gasteiger charge is 2.12. The number of aromatic nitrogens is 3. The van der Waals surface area contributed by atoms with Crippen LogP contribution in [0.2, 0.25) is 0 Å². The van der Waals surface area contributed by atoms with Gasteiger partial charge in [0.25, 0.3) is 0 Å². The molecule has 3 N–H and O–H groups in total. The minimum atomic E-state index is 0.715. The van der Waals surface area contributed by atoms with Gasteiger partial charge in [-0.2, -0.15) is 5.10 Å². The number of nitrogen functional groups attached to an aromatic ring is 1. The molecular formula is C16H17N5. The molecule has 0 aliphatic carbocycles. The zero-order valence-corrected chi connectivity index (χ0v) is 12.1. The van der Waals surface area contributed by atoms with E-state index in [-0.39, 0.29) is 0 Å². The first-order valence-electron chi connectivity index (χ1n) is 6.68. The quantitative estimate of drug-likeness (QED) is 0.722. The van der Waals surface area contributed by atoms with Crippen molar-refractivity contribution < 1.29 is 0 Å². The number of aryl methyl sites for hydroxylation is 2. The van der Waals surface area contributed by atoms with E-state index in [1.54, 1.807) is 0 Å². The Morgan fingerprint density at radius 2 is 2.14 bits per heavy atom. The number of rotatable bonds is 3. The van der Waals surface area contributed by atoms with Crippen molar-refractivity contribution in [3.8, 4) is 0 Å². The Bertz CT molecular complexity index is 832. The van der Waals surface area contributed by atoms with Gasteiger partial charge in [-0.1, -0.05) is 18.7 Å². The van der Waals surface area contributed by atoms with E-state index < -0.39 is 0 Å². The number of nitrogens with one attached hydrogen (secondary N) is 1. The van der Waals surface area contributed by atoms with Gasteiger partial charge in [-0.25, -0.2) is 9.50 Å². The molecule has 0 aliphatic heterocycles. The van der Waals surface area contributed by atoms with Crippen LogP contribution in [-0.2, 0) is 0 Å². The molecule has 0 bridgehead atoms. The summed E-state index contributed by atoms with van der Waals surface area (Å²) in [6.45, 7) is 7.89. The summed E-state index contributed by atoms with van der Waals surface area (Å²) in [7, 11) is 0. The lowest BCUT2D eigenvalue weighted by molar-refractivity contribution is 0.904. The average Bonchev–Trinajstić information content (AvgIpc) is 2.80. The molecule has 2 aromatic heterocycles. The fourth-order valence-electron chi connectivity index (χ4n) is 2.38. The van der Waals surface area contributed by atoms with E-state index in [2.05, 4.69) is 22.0 Å². The van der Waals surface area contributed by atoms with Gasteiger partial charge < -0.3 is 11.1 Å². The fraction of sp³-hybridized carbons (Fsp3) is 0.125. The van der Waals surface area contributed by atoms with Gasteiger partial charge in [0.2, 0.25) is 0 Å². The topological polar surface area (TPSA) is 68.2 Å². The van der Waals surface area contributed by atoms with E-state index in [1.807, 2.05) is 48.8 Å². The molecule has 106 valence electrons. The van der Waals surface area contributed by atoms with E-state index in [9.17, 15) is 0 Å². The van der Waals surface area contributed by atoms with Crippen LogP contribution in [0.1, 0.15) is 16.7 Å². The summed E-state index contributed by atoms with van der Waals surface area (Å²) in [6.07, 6.45) is 5.29. The smallest absolute Gasteiger partial charge is 0.158 e. The summed E-state index contributed by atoms with van der Waals surface area (Å²) in [6, 6.07) is 5.77. The molecule has 0 unspecified atom stereocenters. The van der Waals surface area contributed by atoms with Crippen LogP contribution in [0.15, 0.2) is 37.3 Å². The Morgan fingerprint density at radius 1 is 1.33 bits per heavy atom. The van der Waals surface area contributed by atoms with E-state index in [1.165, 1.54) is 6.33 Å². The van der Waals surface area contributed by atoms with Crippen molar-refractivity contribution >= 4 is 28.8 Å². The Balaban J connectivity index is 2.14. The number of nitrogens with two attached hydrogens (primary N) is 1. The van der Waals surface area contributed by atoms with Crippen LogP contribution in [-0.4, -0.2) is 14.6 Å². The first-order valence-corrected chi connectivity index (χ1v) is 6.68. The van der Waals surface area contributed by atoms with Crippen LogP contribution >= 0.6 is 0 Å². The molecule has 0 radical (unpaired) electrons. The van der Waals surface area contributed by atoms with Crippen molar-refractivity contribution in [2.45, 2.75) is 13.8 Å². The van der Waals surface area contributed by atoms with Gasteiger partial charge in [0.05, 0.1) is 0 Å². The van der Waals surface area contributed by atoms with Crippen molar-refractivity contribution in [3.63, 3.8) is 0 Å². The molecule has 3 aromatic rings. The molecular weight excluding hydrogens is 262 g/mol. The molecule has 0 atom stereocenters. The van der Waals surface area contributed by atoms with E-state index in [0.717, 1.165) is 33.7 Å². The largest absolute Gasteiger partial charge is 0.399 e. The summed E-state index contributed by atoms with van der Waals surface area (Å²) >= 11 is 0. The summed E-state index contributed by atoms with van der Waals surface area (Å²) in [5.74, 6) is 0.754. The van der Waals surface area contributed by atoms with Crippen LogP contribution in [0.5, 0.6) is 0 Å². The van der Waals surface area contributed by atoms with Crippen LogP contribution in [0, 0.1) is 13.8 Å². The van der Waals surface area contributed by atoms with Crippen LogP contribution in [0.4, 0.5) is 17.2 Å². The van der Waals surface area contributed by atoms with Gasteiger partial charge in [0.1, 0.15) is 11.8 Å². The second kappa shape index (κ2) is 4.94. The molecule has 0 saturated heterocycles. The maximum atomic E-state index is 5.86. The molecule has 5 heteroatoms. The lowest BCUT2D eigenvalue weighted by Crippen LogP contribution is -2.01. The second-order valence-corrected chi connectivity index (χ2v) is 5.01. The van der Waals surface area contributed by atoms with Crippen molar-refractivity contribution in [1.29, 1.82) is 0 Å². The first kappa shape index (κ1) is 13.2. The monoisotopic (exact) mass is 279 g/mol. The Hall–Kier alpha value is -2.82. The Morgan fingerprint density at radius 3 is 2.90 bits per heavy atom. The molecule has 2 heterocycles. The third-order valence-corrected chi connectivity index (χ3v) is 3.60. The number of anilines is 3. The second-order valence-electron chi connectivity index (χ2n) is 5.01. The third kappa shape index (κ3) is 2.23. The summed E-state index contributed by atoms with van der Waals surface area (Å²) < 4.78 is 1.81. The number of hydrogen-bond donors (Lipinski definition) is 2. The molecule has 0 spiro atoms. The van der Waals surface area contributed by atoms with E-state index in [4.69, 9.17) is 5.73 Å². The lowest BCUT2D eigenvalue weighted by Gasteiger charge is -2.11. The summed E-state index contributed by atoms with van der Waals surface area (Å²) in [5.41, 5.74) is 11.7. The fourth-order valence-corrected chi connectivity index (χ4v) is 2.38. The van der Waals surface area contributed by atoms with Crippen molar-refractivity contribution in [2.75, 3.05) is 11.1 Å². The summed E-state index contributed by atoms with van der Waals surface area (Å²) in [5, 5.41) is 7.59. The highest BCUT2D eigenvalue weighted by Crippen LogP contribution is 2.27. The highest BCUT2D eigenvalue weighted by molar-refractivity contribution is 5.81. The SMILES string of the molecule is C=Cc1cn2ncnc(Nc3cc(N)ccc3C)c2c1C. The van der Waals surface area contributed by atoms with Gasteiger partial charge in [0, 0.05) is 17.6 Å². The molecule has 0 fully saturated rings. The first-order chi connectivity index (χ1) is 10.1. The molecule has 21 heavy (non-hydrogen) atoms. The van der Waals surface area contributed by atoms with Crippen molar-refractivity contribution in [3.05, 3.63) is 54.0 Å². The van der Waals surface area contributed by atoms with Gasteiger partial charge in [0.15, 0.2) is 5.82 Å². The van der Waals surface area contributed by atoms with Gasteiger partial charge >= 0.3 is 0 Å². The third-order valence-electron chi connectivity index (χ3n) is 3.60. The number of hydrogen-bond acceptors (Lipinski definition) is 4. The van der Waals surface area contributed by atoms with Crippen molar-refractivity contribution in [2.24, 2.45) is 0 Å². The summed E-state index contributed by atoms with van der Waals surface area (Å²) in [4.78, 5) is 4.36. The molecule has 5 nitrogen and oxygen atoms in total. The number of benzene rings is 1. The Kier molecular flexibility index (Phi) is 3.10. The molecule has 0 aliphatic rings. The van der Waals surface area contributed by atoms with Crippen molar-refractivity contribution in [1.82, 2.24) is 14.6 Å². The van der Waals surface area contributed by atoms with Crippen LogP contribution in [0.3, 0.4) is 0 Å². The molecule has 0 saturated carbocycles. The number of nitrogens with zero attached hydrogens (tertiary/aromatic N) is 3. The Labute approximate surface area is 123 Å². The van der Waals surface area contributed by atoms with Gasteiger partial charge in [-0.05, 0) is 42.7 Å². The molecule has 0 amide bonds. The van der Waals surface area contributed by atoms with Crippen LogP contribution in [0.25, 0.3) is 11.6 Å². The van der Waals surface area contributed by atoms with Gasteiger partial charge in [-0.3, -0.25) is 0 Å². The van der Waals surface area contributed by atoms with E-state index >= 15 is 0 Å². The standard InChI is InChI=1S/C16H17N5/c1-4-12-8-21-15(11(12)3)16(18-9-19-21)20-14-7-13(17)6-5-10(14)2/h4-9H,1,17H2,2-3H3,(H,18,19,20).